The van der Waals surface area contributed by atoms with Gasteiger partial charge in [0.25, 0.3) is 0 Å². The summed E-state index contributed by atoms with van der Waals surface area (Å²) in [6.45, 7) is 6.78. The highest BCUT2D eigenvalue weighted by Gasteiger charge is 2.41. The highest BCUT2D eigenvalue weighted by atomic mass is 32.2. The standard InChI is InChI=1S/C29H34N4O4S/c1-19(2)36-28(35)26-20(3)31-29-33(22(18-38-29)17-25(34)30-14-15-32(4)5)27(26)21-10-9-13-24(16-21)37-23-11-7-6-8-12-23/h6-13,16,18-19,27H,14-15,17H2,1-5H3,(H,30,34). The van der Waals surface area contributed by atoms with E-state index in [-0.39, 0.29) is 18.4 Å². The lowest BCUT2D eigenvalue weighted by Gasteiger charge is -2.36. The first-order valence-corrected chi connectivity index (χ1v) is 13.5. The number of carbonyl (C=O) groups excluding carboxylic acids is 2. The molecule has 1 amide bonds. The number of ether oxygens (including phenoxy) is 2. The van der Waals surface area contributed by atoms with E-state index in [9.17, 15) is 9.59 Å². The highest BCUT2D eigenvalue weighted by molar-refractivity contribution is 8.16. The summed E-state index contributed by atoms with van der Waals surface area (Å²) in [6.07, 6.45) is -0.117. The van der Waals surface area contributed by atoms with Crippen molar-refractivity contribution in [3.05, 3.63) is 82.5 Å². The second-order valence-corrected chi connectivity index (χ2v) is 10.5. The summed E-state index contributed by atoms with van der Waals surface area (Å²) in [6, 6.07) is 16.7. The summed E-state index contributed by atoms with van der Waals surface area (Å²) in [4.78, 5) is 34.9. The van der Waals surface area contributed by atoms with Gasteiger partial charge in [0.15, 0.2) is 5.17 Å². The number of carbonyl (C=O) groups is 2. The summed E-state index contributed by atoms with van der Waals surface area (Å²) >= 11 is 1.45. The molecule has 0 radical (unpaired) electrons. The quantitative estimate of drug-likeness (QED) is 0.426. The van der Waals surface area contributed by atoms with E-state index in [2.05, 4.69) is 5.32 Å². The van der Waals surface area contributed by atoms with Crippen LogP contribution in [0, 0.1) is 0 Å². The molecular weight excluding hydrogens is 500 g/mol. The molecule has 1 atom stereocenters. The number of amides is 1. The van der Waals surface area contributed by atoms with Crippen molar-refractivity contribution in [3.63, 3.8) is 0 Å². The Bertz CT molecular complexity index is 1270. The van der Waals surface area contributed by atoms with Gasteiger partial charge in [0.1, 0.15) is 11.5 Å². The topological polar surface area (TPSA) is 83.5 Å². The molecule has 200 valence electrons. The number of thioether (sulfide) groups is 1. The minimum atomic E-state index is -0.524. The van der Waals surface area contributed by atoms with E-state index in [1.165, 1.54) is 11.8 Å². The largest absolute Gasteiger partial charge is 0.459 e. The van der Waals surface area contributed by atoms with Gasteiger partial charge in [-0.05, 0) is 70.1 Å². The normalized spacial score (nSPS) is 16.8. The van der Waals surface area contributed by atoms with Crippen LogP contribution in [0.4, 0.5) is 0 Å². The van der Waals surface area contributed by atoms with Gasteiger partial charge < -0.3 is 24.6 Å². The molecule has 38 heavy (non-hydrogen) atoms. The summed E-state index contributed by atoms with van der Waals surface area (Å²) in [7, 11) is 3.93. The Morgan fingerprint density at radius 3 is 2.55 bits per heavy atom. The van der Waals surface area contributed by atoms with E-state index in [0.717, 1.165) is 23.0 Å². The van der Waals surface area contributed by atoms with Gasteiger partial charge in [-0.1, -0.05) is 42.1 Å². The van der Waals surface area contributed by atoms with E-state index < -0.39 is 12.0 Å². The molecule has 2 aromatic carbocycles. The lowest BCUT2D eigenvalue weighted by Crippen LogP contribution is -2.39. The van der Waals surface area contributed by atoms with Crippen LogP contribution in [0.3, 0.4) is 0 Å². The summed E-state index contributed by atoms with van der Waals surface area (Å²) in [5.41, 5.74) is 2.65. The maximum Gasteiger partial charge on any atom is 0.338 e. The van der Waals surface area contributed by atoms with Gasteiger partial charge in [0.2, 0.25) is 5.91 Å². The minimum absolute atomic E-state index is 0.0857. The van der Waals surface area contributed by atoms with Crippen molar-refractivity contribution in [1.82, 2.24) is 15.1 Å². The molecular formula is C29H34N4O4S. The van der Waals surface area contributed by atoms with Crippen LogP contribution in [0.25, 0.3) is 0 Å². The number of nitrogens with zero attached hydrogens (tertiary/aromatic N) is 3. The molecule has 0 fully saturated rings. The second-order valence-electron chi connectivity index (χ2n) is 9.66. The van der Waals surface area contributed by atoms with Crippen LogP contribution < -0.4 is 10.1 Å². The third kappa shape index (κ3) is 6.65. The number of para-hydroxylation sites is 1. The molecule has 0 saturated carbocycles. The number of fused-ring (bicyclic) bond motifs is 1. The average molecular weight is 535 g/mol. The van der Waals surface area contributed by atoms with E-state index >= 15 is 0 Å². The Labute approximate surface area is 228 Å². The van der Waals surface area contributed by atoms with Crippen LogP contribution >= 0.6 is 11.8 Å². The van der Waals surface area contributed by atoms with Gasteiger partial charge in [-0.3, -0.25) is 4.79 Å². The molecule has 2 aliphatic heterocycles. The number of aliphatic imine (C=N–C) groups is 1. The first-order chi connectivity index (χ1) is 18.2. The molecule has 0 saturated heterocycles. The van der Waals surface area contributed by atoms with E-state index in [4.69, 9.17) is 14.5 Å². The van der Waals surface area contributed by atoms with Crippen molar-refractivity contribution in [2.75, 3.05) is 27.2 Å². The Hall–Kier alpha value is -3.56. The van der Waals surface area contributed by atoms with Gasteiger partial charge in [0.05, 0.1) is 29.8 Å². The number of hydrogen-bond donors (Lipinski definition) is 1. The van der Waals surface area contributed by atoms with Crippen molar-refractivity contribution in [3.8, 4) is 11.5 Å². The van der Waals surface area contributed by atoms with Crippen molar-refractivity contribution >= 4 is 28.8 Å². The number of allylic oxidation sites excluding steroid dienone is 1. The molecule has 1 unspecified atom stereocenters. The second kappa shape index (κ2) is 12.3. The fourth-order valence-corrected chi connectivity index (χ4v) is 5.21. The number of benzene rings is 2. The van der Waals surface area contributed by atoms with Gasteiger partial charge in [-0.2, -0.15) is 0 Å². The first kappa shape index (κ1) is 27.5. The molecule has 2 heterocycles. The third-order valence-electron chi connectivity index (χ3n) is 5.94. The lowest BCUT2D eigenvalue weighted by atomic mass is 9.93. The number of amidine groups is 1. The Morgan fingerprint density at radius 2 is 1.84 bits per heavy atom. The fourth-order valence-electron chi connectivity index (χ4n) is 4.24. The number of esters is 1. The minimum Gasteiger partial charge on any atom is -0.459 e. The third-order valence-corrected chi connectivity index (χ3v) is 6.83. The van der Waals surface area contributed by atoms with Gasteiger partial charge in [-0.25, -0.2) is 9.79 Å². The van der Waals surface area contributed by atoms with Crippen LogP contribution in [-0.2, 0) is 14.3 Å². The van der Waals surface area contributed by atoms with Gasteiger partial charge >= 0.3 is 5.97 Å². The Morgan fingerprint density at radius 1 is 1.11 bits per heavy atom. The zero-order valence-electron chi connectivity index (χ0n) is 22.4. The van der Waals surface area contributed by atoms with Crippen LogP contribution in [0.1, 0.15) is 38.8 Å². The Balaban J connectivity index is 1.68. The molecule has 0 aromatic heterocycles. The molecule has 8 nitrogen and oxygen atoms in total. The van der Waals surface area contributed by atoms with Crippen molar-refractivity contribution in [2.45, 2.75) is 39.3 Å². The molecule has 0 bridgehead atoms. The summed E-state index contributed by atoms with van der Waals surface area (Å²) in [5.74, 6) is 0.850. The Kier molecular flexibility index (Phi) is 8.91. The average Bonchev–Trinajstić information content (AvgIpc) is 3.25. The van der Waals surface area contributed by atoms with Crippen molar-refractivity contribution < 1.29 is 19.1 Å². The van der Waals surface area contributed by atoms with E-state index in [1.54, 1.807) is 0 Å². The maximum atomic E-state index is 13.4. The number of hydrogen-bond acceptors (Lipinski definition) is 8. The molecule has 1 N–H and O–H groups in total. The smallest absolute Gasteiger partial charge is 0.338 e. The number of likely N-dealkylation sites (N-methyl/N-ethyl adjacent to an activating group) is 1. The predicted molar refractivity (Wildman–Crippen MR) is 151 cm³/mol. The zero-order chi connectivity index (χ0) is 27.2. The summed E-state index contributed by atoms with van der Waals surface area (Å²) < 4.78 is 11.7. The molecule has 0 spiro atoms. The first-order valence-electron chi connectivity index (χ1n) is 12.6. The molecule has 9 heteroatoms. The van der Waals surface area contributed by atoms with E-state index in [0.29, 0.717) is 29.3 Å². The van der Waals surface area contributed by atoms with Crippen molar-refractivity contribution in [1.29, 1.82) is 0 Å². The lowest BCUT2D eigenvalue weighted by molar-refractivity contribution is -0.143. The van der Waals surface area contributed by atoms with Crippen molar-refractivity contribution in [2.24, 2.45) is 4.99 Å². The number of nitrogens with one attached hydrogen (secondary N) is 1. The monoisotopic (exact) mass is 534 g/mol. The SMILES string of the molecule is CC1=C(C(=O)OC(C)C)C(c2cccc(Oc3ccccc3)c2)N2C(CC(=O)NCCN(C)C)=CSC2=N1. The predicted octanol–water partition coefficient (Wildman–Crippen LogP) is 5.07. The highest BCUT2D eigenvalue weighted by Crippen LogP contribution is 2.45. The molecule has 2 aliphatic rings. The summed E-state index contributed by atoms with van der Waals surface area (Å²) in [5, 5.41) is 5.63. The molecule has 4 rings (SSSR count). The molecule has 2 aromatic rings. The maximum absolute atomic E-state index is 13.4. The zero-order valence-corrected chi connectivity index (χ0v) is 23.2. The number of rotatable bonds is 10. The van der Waals surface area contributed by atoms with Crippen LogP contribution in [0.15, 0.2) is 82.0 Å². The van der Waals surface area contributed by atoms with E-state index in [1.807, 2.05) is 105 Å². The van der Waals surface area contributed by atoms with Crippen LogP contribution in [0.5, 0.6) is 11.5 Å². The van der Waals surface area contributed by atoms with Gasteiger partial charge in [0, 0.05) is 18.8 Å². The fraction of sp³-hybridized carbons (Fsp3) is 0.345. The van der Waals surface area contributed by atoms with Crippen LogP contribution in [-0.4, -0.2) is 60.1 Å². The van der Waals surface area contributed by atoms with Gasteiger partial charge in [-0.15, -0.1) is 0 Å². The van der Waals surface area contributed by atoms with Crippen LogP contribution in [0.2, 0.25) is 0 Å². The molecule has 0 aliphatic carbocycles.